The Hall–Kier alpha value is -4.20. The fourth-order valence-corrected chi connectivity index (χ4v) is 4.26. The van der Waals surface area contributed by atoms with Gasteiger partial charge < -0.3 is 15.4 Å². The number of carbonyl (C=O) groups is 3. The lowest BCUT2D eigenvalue weighted by Gasteiger charge is -2.24. The van der Waals surface area contributed by atoms with Crippen LogP contribution in [0.2, 0.25) is 0 Å². The second-order valence-corrected chi connectivity index (χ2v) is 9.67. The molecule has 3 amide bonds. The average molecular weight is 501 g/mol. The molecule has 192 valence electrons. The first-order chi connectivity index (χ1) is 17.8. The Morgan fingerprint density at radius 1 is 1.05 bits per heavy atom. The number of pyridine rings is 1. The monoisotopic (exact) mass is 500 g/mol. The molecule has 2 unspecified atom stereocenters. The molecule has 0 radical (unpaired) electrons. The Kier molecular flexibility index (Phi) is 8.18. The maximum absolute atomic E-state index is 13.5. The third-order valence-electron chi connectivity index (χ3n) is 6.09. The SMILES string of the molecule is Cc1ccc(CN2C(=O)OC(c3cccc(NC(=O)CC(C)C)c3)C2C(=O)NCc2ccccn2)cc1. The predicted molar refractivity (Wildman–Crippen MR) is 140 cm³/mol. The standard InChI is InChI=1S/C29H32N4O4/c1-19(2)15-25(34)32-23-9-6-7-22(16-23)27-26(28(35)31-17-24-8-4-5-14-30-24)33(29(36)37-27)18-21-12-10-20(3)11-13-21/h4-14,16,19,26-27H,15,17-18H2,1-3H3,(H,31,35)(H,32,34). The molecule has 1 aliphatic heterocycles. The summed E-state index contributed by atoms with van der Waals surface area (Å²) >= 11 is 0. The van der Waals surface area contributed by atoms with Crippen LogP contribution in [0, 0.1) is 12.8 Å². The highest BCUT2D eigenvalue weighted by molar-refractivity contribution is 5.91. The maximum Gasteiger partial charge on any atom is 0.411 e. The molecule has 4 rings (SSSR count). The van der Waals surface area contributed by atoms with E-state index in [2.05, 4.69) is 15.6 Å². The topological polar surface area (TPSA) is 101 Å². The first-order valence-electron chi connectivity index (χ1n) is 12.4. The molecule has 1 aromatic heterocycles. The van der Waals surface area contributed by atoms with Crippen LogP contribution in [-0.4, -0.2) is 33.8 Å². The second kappa shape index (κ2) is 11.7. The largest absolute Gasteiger partial charge is 0.438 e. The van der Waals surface area contributed by atoms with Crippen molar-refractivity contribution in [1.82, 2.24) is 15.2 Å². The number of aromatic nitrogens is 1. The number of cyclic esters (lactones) is 1. The summed E-state index contributed by atoms with van der Waals surface area (Å²) in [5.74, 6) is -0.217. The molecule has 2 atom stereocenters. The molecule has 2 heterocycles. The van der Waals surface area contributed by atoms with Gasteiger partial charge in [0.25, 0.3) is 0 Å². The van der Waals surface area contributed by atoms with E-state index in [0.29, 0.717) is 23.4 Å². The van der Waals surface area contributed by atoms with E-state index in [-0.39, 0.29) is 30.8 Å². The zero-order chi connectivity index (χ0) is 26.4. The van der Waals surface area contributed by atoms with Crippen LogP contribution < -0.4 is 10.6 Å². The van der Waals surface area contributed by atoms with Crippen LogP contribution in [-0.2, 0) is 27.4 Å². The number of ether oxygens (including phenoxy) is 1. The summed E-state index contributed by atoms with van der Waals surface area (Å²) in [6.07, 6.45) is 0.641. The molecule has 1 saturated heterocycles. The van der Waals surface area contributed by atoms with Crippen molar-refractivity contribution >= 4 is 23.6 Å². The second-order valence-electron chi connectivity index (χ2n) is 9.67. The number of hydrogen-bond acceptors (Lipinski definition) is 5. The van der Waals surface area contributed by atoms with Crippen LogP contribution in [0.15, 0.2) is 72.9 Å². The summed E-state index contributed by atoms with van der Waals surface area (Å²) in [6, 6.07) is 19.5. The van der Waals surface area contributed by atoms with Gasteiger partial charge in [-0.05, 0) is 48.2 Å². The van der Waals surface area contributed by atoms with Crippen LogP contribution in [0.4, 0.5) is 10.5 Å². The van der Waals surface area contributed by atoms with E-state index < -0.39 is 18.2 Å². The molecular weight excluding hydrogens is 468 g/mol. The van der Waals surface area contributed by atoms with Gasteiger partial charge in [-0.15, -0.1) is 0 Å². The van der Waals surface area contributed by atoms with Gasteiger partial charge in [0.05, 0.1) is 18.8 Å². The number of rotatable bonds is 9. The number of benzene rings is 2. The Morgan fingerprint density at radius 2 is 1.84 bits per heavy atom. The van der Waals surface area contributed by atoms with Crippen molar-refractivity contribution in [3.05, 3.63) is 95.3 Å². The van der Waals surface area contributed by atoms with E-state index in [0.717, 1.165) is 11.1 Å². The lowest BCUT2D eigenvalue weighted by Crippen LogP contribution is -2.46. The summed E-state index contributed by atoms with van der Waals surface area (Å²) in [4.78, 5) is 44.6. The van der Waals surface area contributed by atoms with Gasteiger partial charge in [0, 0.05) is 18.3 Å². The Balaban J connectivity index is 1.59. The van der Waals surface area contributed by atoms with Gasteiger partial charge in [0.2, 0.25) is 11.8 Å². The van der Waals surface area contributed by atoms with E-state index >= 15 is 0 Å². The van der Waals surface area contributed by atoms with Gasteiger partial charge in [-0.2, -0.15) is 0 Å². The van der Waals surface area contributed by atoms with Gasteiger partial charge >= 0.3 is 6.09 Å². The molecular formula is C29H32N4O4. The van der Waals surface area contributed by atoms with Crippen molar-refractivity contribution in [2.75, 3.05) is 5.32 Å². The fraction of sp³-hybridized carbons (Fsp3) is 0.310. The van der Waals surface area contributed by atoms with Crippen LogP contribution in [0.25, 0.3) is 0 Å². The average Bonchev–Trinajstić information content (AvgIpc) is 3.20. The van der Waals surface area contributed by atoms with Gasteiger partial charge in [-0.3, -0.25) is 19.5 Å². The first-order valence-corrected chi connectivity index (χ1v) is 12.4. The Labute approximate surface area is 217 Å². The minimum absolute atomic E-state index is 0.0961. The van der Waals surface area contributed by atoms with Gasteiger partial charge in [-0.25, -0.2) is 4.79 Å². The summed E-state index contributed by atoms with van der Waals surface area (Å²) in [7, 11) is 0. The normalized spacial score (nSPS) is 17.0. The van der Waals surface area contributed by atoms with Crippen LogP contribution in [0.5, 0.6) is 0 Å². The van der Waals surface area contributed by atoms with E-state index in [4.69, 9.17) is 4.74 Å². The van der Waals surface area contributed by atoms with Gasteiger partial charge in [0.15, 0.2) is 12.1 Å². The van der Waals surface area contributed by atoms with Crippen molar-refractivity contribution in [3.8, 4) is 0 Å². The third kappa shape index (κ3) is 6.73. The van der Waals surface area contributed by atoms with E-state index in [1.807, 2.05) is 57.2 Å². The van der Waals surface area contributed by atoms with Crippen molar-refractivity contribution in [3.63, 3.8) is 0 Å². The van der Waals surface area contributed by atoms with E-state index in [9.17, 15) is 14.4 Å². The fourth-order valence-electron chi connectivity index (χ4n) is 4.26. The van der Waals surface area contributed by atoms with Gasteiger partial charge in [0.1, 0.15) is 0 Å². The number of anilines is 1. The van der Waals surface area contributed by atoms with E-state index in [1.165, 1.54) is 4.90 Å². The smallest absolute Gasteiger partial charge is 0.411 e. The van der Waals surface area contributed by atoms with Crippen molar-refractivity contribution in [2.24, 2.45) is 5.92 Å². The molecule has 0 aliphatic carbocycles. The summed E-state index contributed by atoms with van der Waals surface area (Å²) < 4.78 is 5.76. The molecule has 0 spiro atoms. The van der Waals surface area contributed by atoms with Gasteiger partial charge in [-0.1, -0.05) is 61.9 Å². The number of nitrogens with one attached hydrogen (secondary N) is 2. The number of carbonyl (C=O) groups excluding carboxylic acids is 3. The lowest BCUT2D eigenvalue weighted by molar-refractivity contribution is -0.126. The summed E-state index contributed by atoms with van der Waals surface area (Å²) in [5.41, 5.74) is 3.91. The van der Waals surface area contributed by atoms with Crippen molar-refractivity contribution < 1.29 is 19.1 Å². The molecule has 2 N–H and O–H groups in total. The molecule has 37 heavy (non-hydrogen) atoms. The zero-order valence-electron chi connectivity index (χ0n) is 21.3. The van der Waals surface area contributed by atoms with Crippen molar-refractivity contribution in [1.29, 1.82) is 0 Å². The maximum atomic E-state index is 13.5. The molecule has 1 fully saturated rings. The molecule has 8 heteroatoms. The number of amides is 3. The quantitative estimate of drug-likeness (QED) is 0.442. The molecule has 2 aromatic carbocycles. The van der Waals surface area contributed by atoms with Crippen LogP contribution >= 0.6 is 0 Å². The predicted octanol–water partition coefficient (Wildman–Crippen LogP) is 4.75. The molecule has 0 bridgehead atoms. The molecule has 3 aromatic rings. The number of nitrogens with zero attached hydrogens (tertiary/aromatic N) is 2. The minimum Gasteiger partial charge on any atom is -0.438 e. The molecule has 8 nitrogen and oxygen atoms in total. The summed E-state index contributed by atoms with van der Waals surface area (Å²) in [5, 5.41) is 5.80. The zero-order valence-corrected chi connectivity index (χ0v) is 21.3. The van der Waals surface area contributed by atoms with E-state index in [1.54, 1.807) is 36.5 Å². The number of hydrogen-bond donors (Lipinski definition) is 2. The molecule has 0 saturated carbocycles. The lowest BCUT2D eigenvalue weighted by atomic mass is 9.99. The Bertz CT molecular complexity index is 1240. The van der Waals surface area contributed by atoms with Crippen LogP contribution in [0.3, 0.4) is 0 Å². The molecule has 1 aliphatic rings. The number of aryl methyl sites for hydroxylation is 1. The first kappa shape index (κ1) is 25.9. The third-order valence-corrected chi connectivity index (χ3v) is 6.09. The minimum atomic E-state index is -0.904. The highest BCUT2D eigenvalue weighted by Gasteiger charge is 2.47. The highest BCUT2D eigenvalue weighted by atomic mass is 16.6. The Morgan fingerprint density at radius 3 is 2.54 bits per heavy atom. The van der Waals surface area contributed by atoms with Crippen LogP contribution in [0.1, 0.15) is 48.8 Å². The summed E-state index contributed by atoms with van der Waals surface area (Å²) in [6.45, 7) is 6.39. The van der Waals surface area contributed by atoms with Crippen molar-refractivity contribution in [2.45, 2.75) is 52.4 Å². The highest BCUT2D eigenvalue weighted by Crippen LogP contribution is 2.35.